The second-order valence-electron chi connectivity index (χ2n) is 4.39. The maximum atomic E-state index is 13.5. The van der Waals surface area contributed by atoms with Crippen LogP contribution in [0.4, 0.5) is 4.39 Å². The lowest BCUT2D eigenvalue weighted by molar-refractivity contribution is 0.100. The summed E-state index contributed by atoms with van der Waals surface area (Å²) in [6, 6.07) is 7.80. The minimum absolute atomic E-state index is 0.102. The van der Waals surface area contributed by atoms with Gasteiger partial charge in [0.2, 0.25) is 5.78 Å². The molecule has 0 bridgehead atoms. The SMILES string of the molecule is Cc1cc(C(=O)c2cc3cccc(F)c3o2)n(C)n1. The van der Waals surface area contributed by atoms with Crippen molar-refractivity contribution in [1.29, 1.82) is 0 Å². The van der Waals surface area contributed by atoms with Crippen LogP contribution in [0.25, 0.3) is 11.0 Å². The zero-order chi connectivity index (χ0) is 13.6. The minimum Gasteiger partial charge on any atom is -0.449 e. The fourth-order valence-corrected chi connectivity index (χ4v) is 2.09. The number of halogens is 1. The third-order valence-corrected chi connectivity index (χ3v) is 2.95. The number of hydrogen-bond donors (Lipinski definition) is 0. The molecule has 3 rings (SSSR count). The normalized spacial score (nSPS) is 11.1. The average Bonchev–Trinajstić information content (AvgIpc) is 2.93. The predicted molar refractivity (Wildman–Crippen MR) is 67.5 cm³/mol. The van der Waals surface area contributed by atoms with E-state index in [1.165, 1.54) is 10.7 Å². The molecule has 19 heavy (non-hydrogen) atoms. The summed E-state index contributed by atoms with van der Waals surface area (Å²) < 4.78 is 20.3. The van der Waals surface area contributed by atoms with Crippen molar-refractivity contribution in [1.82, 2.24) is 9.78 Å². The second kappa shape index (κ2) is 4.05. The van der Waals surface area contributed by atoms with E-state index in [1.807, 2.05) is 0 Å². The van der Waals surface area contributed by atoms with Crippen molar-refractivity contribution in [2.45, 2.75) is 6.92 Å². The second-order valence-corrected chi connectivity index (χ2v) is 4.39. The van der Waals surface area contributed by atoms with Gasteiger partial charge in [-0.1, -0.05) is 12.1 Å². The molecule has 0 unspecified atom stereocenters. The van der Waals surface area contributed by atoms with Crippen molar-refractivity contribution in [2.75, 3.05) is 0 Å². The molecule has 0 aliphatic rings. The number of furan rings is 1. The van der Waals surface area contributed by atoms with Crippen molar-refractivity contribution in [3.8, 4) is 0 Å². The van der Waals surface area contributed by atoms with Crippen LogP contribution >= 0.6 is 0 Å². The smallest absolute Gasteiger partial charge is 0.246 e. The Balaban J connectivity index is 2.12. The number of benzene rings is 1. The highest BCUT2D eigenvalue weighted by Crippen LogP contribution is 2.23. The topological polar surface area (TPSA) is 48.0 Å². The summed E-state index contributed by atoms with van der Waals surface area (Å²) in [5.74, 6) is -0.667. The number of aryl methyl sites for hydroxylation is 2. The van der Waals surface area contributed by atoms with Gasteiger partial charge < -0.3 is 4.42 Å². The molecule has 1 aromatic carbocycles. The van der Waals surface area contributed by atoms with Gasteiger partial charge in [0, 0.05) is 12.4 Å². The Labute approximate surface area is 108 Å². The van der Waals surface area contributed by atoms with Crippen molar-refractivity contribution in [2.24, 2.45) is 7.05 Å². The highest BCUT2D eigenvalue weighted by molar-refractivity contribution is 6.08. The zero-order valence-corrected chi connectivity index (χ0v) is 10.5. The summed E-state index contributed by atoms with van der Waals surface area (Å²) >= 11 is 0. The van der Waals surface area contributed by atoms with Gasteiger partial charge in [-0.15, -0.1) is 0 Å². The number of carbonyl (C=O) groups excluding carboxylic acids is 1. The van der Waals surface area contributed by atoms with Crippen LogP contribution in [0.2, 0.25) is 0 Å². The first-order valence-corrected chi connectivity index (χ1v) is 5.79. The predicted octanol–water partition coefficient (Wildman–Crippen LogP) is 2.84. The van der Waals surface area contributed by atoms with Crippen LogP contribution in [-0.4, -0.2) is 15.6 Å². The third kappa shape index (κ3) is 1.83. The van der Waals surface area contributed by atoms with Crippen molar-refractivity contribution in [3.05, 3.63) is 53.3 Å². The Morgan fingerprint density at radius 2 is 2.16 bits per heavy atom. The van der Waals surface area contributed by atoms with Gasteiger partial charge in [-0.2, -0.15) is 5.10 Å². The molecule has 3 aromatic rings. The first-order valence-electron chi connectivity index (χ1n) is 5.79. The van der Waals surface area contributed by atoms with Gasteiger partial charge in [0.25, 0.3) is 0 Å². The molecule has 0 aliphatic carbocycles. The van der Waals surface area contributed by atoms with E-state index in [9.17, 15) is 9.18 Å². The van der Waals surface area contributed by atoms with Gasteiger partial charge in [0.1, 0.15) is 5.69 Å². The highest BCUT2D eigenvalue weighted by Gasteiger charge is 2.19. The van der Waals surface area contributed by atoms with Crippen LogP contribution in [-0.2, 0) is 7.05 Å². The Hall–Kier alpha value is -2.43. The zero-order valence-electron chi connectivity index (χ0n) is 10.5. The molecular weight excluding hydrogens is 247 g/mol. The number of ketones is 1. The molecule has 0 saturated heterocycles. The van der Waals surface area contributed by atoms with Crippen LogP contribution in [0.5, 0.6) is 0 Å². The minimum atomic E-state index is -0.474. The first kappa shape index (κ1) is 11.6. The summed E-state index contributed by atoms with van der Waals surface area (Å²) in [7, 11) is 1.68. The van der Waals surface area contributed by atoms with E-state index in [2.05, 4.69) is 5.10 Å². The molecule has 2 aromatic heterocycles. The number of nitrogens with zero attached hydrogens (tertiary/aromatic N) is 2. The lowest BCUT2D eigenvalue weighted by Crippen LogP contribution is -2.07. The standard InChI is InChI=1S/C14H11FN2O2/c1-8-6-11(17(2)16-8)13(18)12-7-9-4-3-5-10(15)14(9)19-12/h3-7H,1-2H3. The van der Waals surface area contributed by atoms with Crippen LogP contribution < -0.4 is 0 Å². The Morgan fingerprint density at radius 3 is 2.79 bits per heavy atom. The Bertz CT molecular complexity index is 786. The van der Waals surface area contributed by atoms with E-state index in [-0.39, 0.29) is 17.1 Å². The molecule has 0 amide bonds. The van der Waals surface area contributed by atoms with Crippen LogP contribution in [0.3, 0.4) is 0 Å². The maximum Gasteiger partial charge on any atom is 0.246 e. The van der Waals surface area contributed by atoms with Gasteiger partial charge in [-0.25, -0.2) is 4.39 Å². The van der Waals surface area contributed by atoms with E-state index >= 15 is 0 Å². The third-order valence-electron chi connectivity index (χ3n) is 2.95. The quantitative estimate of drug-likeness (QED) is 0.664. The van der Waals surface area contributed by atoms with E-state index in [0.29, 0.717) is 11.1 Å². The molecule has 4 nitrogen and oxygen atoms in total. The van der Waals surface area contributed by atoms with Crippen molar-refractivity contribution >= 4 is 16.8 Å². The van der Waals surface area contributed by atoms with E-state index in [4.69, 9.17) is 4.42 Å². The Kier molecular flexibility index (Phi) is 2.48. The first-order chi connectivity index (χ1) is 9.06. The fourth-order valence-electron chi connectivity index (χ4n) is 2.09. The van der Waals surface area contributed by atoms with Gasteiger partial charge >= 0.3 is 0 Å². The number of rotatable bonds is 2. The number of aromatic nitrogens is 2. The number of hydrogen-bond acceptors (Lipinski definition) is 3. The van der Waals surface area contributed by atoms with Crippen LogP contribution in [0.15, 0.2) is 34.7 Å². The average molecular weight is 258 g/mol. The molecule has 0 radical (unpaired) electrons. The molecule has 0 aliphatic heterocycles. The van der Waals surface area contributed by atoms with Gasteiger partial charge in [0.15, 0.2) is 17.2 Å². The lowest BCUT2D eigenvalue weighted by Gasteiger charge is -1.96. The summed E-state index contributed by atoms with van der Waals surface area (Å²) in [6.07, 6.45) is 0. The summed E-state index contributed by atoms with van der Waals surface area (Å²) in [5, 5.41) is 4.68. The molecule has 0 fully saturated rings. The van der Waals surface area contributed by atoms with E-state index < -0.39 is 5.82 Å². The monoisotopic (exact) mass is 258 g/mol. The van der Waals surface area contributed by atoms with Crippen LogP contribution in [0.1, 0.15) is 21.9 Å². The highest BCUT2D eigenvalue weighted by atomic mass is 19.1. The largest absolute Gasteiger partial charge is 0.449 e. The molecule has 96 valence electrons. The van der Waals surface area contributed by atoms with Gasteiger partial charge in [-0.3, -0.25) is 9.48 Å². The fraction of sp³-hybridized carbons (Fsp3) is 0.143. The molecule has 0 N–H and O–H groups in total. The lowest BCUT2D eigenvalue weighted by atomic mass is 10.2. The molecular formula is C14H11FN2O2. The van der Waals surface area contributed by atoms with Gasteiger partial charge in [0.05, 0.1) is 5.69 Å². The summed E-state index contributed by atoms with van der Waals surface area (Å²) in [6.45, 7) is 1.80. The summed E-state index contributed by atoms with van der Waals surface area (Å²) in [5.41, 5.74) is 1.26. The van der Waals surface area contributed by atoms with Gasteiger partial charge in [-0.05, 0) is 25.1 Å². The molecule has 0 spiro atoms. The van der Waals surface area contributed by atoms with E-state index in [1.54, 1.807) is 38.2 Å². The van der Waals surface area contributed by atoms with E-state index in [0.717, 1.165) is 5.69 Å². The molecule has 0 atom stereocenters. The molecule has 5 heteroatoms. The number of carbonyl (C=O) groups is 1. The van der Waals surface area contributed by atoms with Crippen molar-refractivity contribution in [3.63, 3.8) is 0 Å². The number of para-hydroxylation sites is 1. The van der Waals surface area contributed by atoms with Crippen LogP contribution in [0, 0.1) is 12.7 Å². The van der Waals surface area contributed by atoms with Crippen molar-refractivity contribution < 1.29 is 13.6 Å². The molecule has 0 saturated carbocycles. The Morgan fingerprint density at radius 1 is 1.37 bits per heavy atom. The summed E-state index contributed by atoms with van der Waals surface area (Å²) in [4.78, 5) is 12.3. The number of fused-ring (bicyclic) bond motifs is 1. The molecule has 2 heterocycles. The maximum absolute atomic E-state index is 13.5.